The van der Waals surface area contributed by atoms with Crippen LogP contribution in [0.25, 0.3) is 11.1 Å². The molecule has 0 aliphatic carbocycles. The fraction of sp³-hybridized carbons (Fsp3) is 0.125. The van der Waals surface area contributed by atoms with Gasteiger partial charge in [0.2, 0.25) is 0 Å². The van der Waals surface area contributed by atoms with Crippen LogP contribution in [0.4, 0.5) is 45.5 Å². The Bertz CT molecular complexity index is 3770. The predicted molar refractivity (Wildman–Crippen MR) is 321 cm³/mol. The first kappa shape index (κ1) is 54.7. The van der Waals surface area contributed by atoms with E-state index in [4.69, 9.17) is 0 Å². The summed E-state index contributed by atoms with van der Waals surface area (Å²) in [6, 6.07) is 60.8. The molecule has 8 aromatic carbocycles. The second-order valence-corrected chi connectivity index (χ2v) is 20.1. The van der Waals surface area contributed by atoms with Gasteiger partial charge in [-0.25, -0.2) is 0 Å². The fourth-order valence-corrected chi connectivity index (χ4v) is 12.0. The zero-order chi connectivity index (χ0) is 58.5. The number of hydrogen-bond donors (Lipinski definition) is 2. The number of fused-ring (bicyclic) bond motifs is 6. The van der Waals surface area contributed by atoms with Gasteiger partial charge in [-0.2, -0.15) is 10.2 Å². The number of Topliss-reactive ketones (excluding diaryl/α,β-unsaturated/α-hetero) is 2. The first-order chi connectivity index (χ1) is 40.8. The lowest BCUT2D eigenvalue weighted by atomic mass is 9.76. The Morgan fingerprint density at radius 3 is 1.15 bits per heavy atom. The Labute approximate surface area is 480 Å². The summed E-state index contributed by atoms with van der Waals surface area (Å²) in [6.45, 7) is 0. The molecule has 20 heteroatoms. The predicted octanol–water partition coefficient (Wildman–Crippen LogP) is 13.5. The van der Waals surface area contributed by atoms with Gasteiger partial charge in [0.1, 0.15) is 22.5 Å². The number of benzene rings is 8. The van der Waals surface area contributed by atoms with Crippen molar-refractivity contribution in [1.82, 2.24) is 0 Å². The van der Waals surface area contributed by atoms with Crippen molar-refractivity contribution in [2.45, 2.75) is 48.8 Å². The van der Waals surface area contributed by atoms with E-state index in [-0.39, 0.29) is 46.4 Å². The lowest BCUT2D eigenvalue weighted by molar-refractivity contribution is -0.393. The van der Waals surface area contributed by atoms with Crippen molar-refractivity contribution in [1.29, 1.82) is 0 Å². The highest BCUT2D eigenvalue weighted by Gasteiger charge is 2.57. The highest BCUT2D eigenvalue weighted by Crippen LogP contribution is 2.55. The van der Waals surface area contributed by atoms with Crippen molar-refractivity contribution in [2.24, 2.45) is 10.2 Å². The van der Waals surface area contributed by atoms with E-state index in [0.717, 1.165) is 56.9 Å². The van der Waals surface area contributed by atoms with Gasteiger partial charge in [0, 0.05) is 72.7 Å². The maximum Gasteiger partial charge on any atom is 0.301 e. The number of hydrogen-bond acceptors (Lipinski definition) is 16. The summed E-state index contributed by atoms with van der Waals surface area (Å²) in [5.74, 6) is 0.0726. The molecule has 84 heavy (non-hydrogen) atoms. The number of carbonyl (C=O) groups excluding carboxylic acids is 2. The highest BCUT2D eigenvalue weighted by atomic mass is 16.6. The van der Waals surface area contributed by atoms with Crippen LogP contribution in [0.1, 0.15) is 68.7 Å². The van der Waals surface area contributed by atoms with E-state index in [1.807, 2.05) is 170 Å². The van der Waals surface area contributed by atoms with Crippen molar-refractivity contribution in [2.75, 3.05) is 20.7 Å². The first-order valence-electron chi connectivity index (χ1n) is 26.7. The summed E-state index contributed by atoms with van der Waals surface area (Å²) in [5, 5.41) is 53.9. The molecule has 0 fully saturated rings. The molecule has 416 valence electrons. The Morgan fingerprint density at radius 1 is 0.452 bits per heavy atom. The minimum atomic E-state index is -0.938. The summed E-state index contributed by atoms with van der Waals surface area (Å²) in [5.41, 5.74) is 10.8. The number of nitro groups is 4. The molecule has 0 aromatic heterocycles. The monoisotopic (exact) mass is 1120 g/mol. The van der Waals surface area contributed by atoms with Crippen LogP contribution in [0.15, 0.2) is 229 Å². The lowest BCUT2D eigenvalue weighted by Gasteiger charge is -2.47. The molecule has 0 spiro atoms. The standard InChI is InChI=1S/2C32H25N5O5/c2*38-31-26-13-7-8-14-28(26)35-29(18-20-33-34-27-16-15-24(36(39)40)21-30(27)37(41)42)25(22-9-3-1-4-10-22)17-19-32(31,35)23-11-5-2-6-12-23/h2*1-17,20-21,29,34H,18-19H2/b2*33-20+/t2*29-,32-/m11/s1. The number of non-ortho nitro benzene ring substituents is 2. The molecule has 0 saturated carbocycles. The van der Waals surface area contributed by atoms with Crippen LogP contribution in [-0.2, 0) is 11.1 Å². The van der Waals surface area contributed by atoms with E-state index < -0.39 is 42.1 Å². The molecule has 0 unspecified atom stereocenters. The molecule has 0 saturated heterocycles. The number of nitro benzene ring substituents is 4. The smallest absolute Gasteiger partial charge is 0.301 e. The Hall–Kier alpha value is -11.3. The minimum Gasteiger partial charge on any atom is -0.346 e. The summed E-state index contributed by atoms with van der Waals surface area (Å²) in [6.07, 6.45) is 9.21. The number of rotatable bonds is 16. The van der Waals surface area contributed by atoms with Crippen LogP contribution in [0.2, 0.25) is 0 Å². The summed E-state index contributed by atoms with van der Waals surface area (Å²) in [4.78, 5) is 75.4. The fourth-order valence-electron chi connectivity index (χ4n) is 12.0. The van der Waals surface area contributed by atoms with Gasteiger partial charge < -0.3 is 9.80 Å². The molecule has 8 aromatic rings. The maximum absolute atomic E-state index is 14.2. The largest absolute Gasteiger partial charge is 0.346 e. The molecule has 0 radical (unpaired) electrons. The van der Waals surface area contributed by atoms with Crippen LogP contribution in [0.3, 0.4) is 0 Å². The zero-order valence-corrected chi connectivity index (χ0v) is 44.6. The number of carbonyl (C=O) groups is 2. The van der Waals surface area contributed by atoms with Gasteiger partial charge in [-0.05, 0) is 69.8 Å². The second kappa shape index (κ2) is 23.1. The average Bonchev–Trinajstić information content (AvgIpc) is 1.58. The molecule has 20 nitrogen and oxygen atoms in total. The molecule has 12 rings (SSSR count). The van der Waals surface area contributed by atoms with E-state index in [0.29, 0.717) is 36.8 Å². The number of ketones is 2. The molecular weight excluding hydrogens is 1070 g/mol. The van der Waals surface area contributed by atoms with E-state index >= 15 is 0 Å². The van der Waals surface area contributed by atoms with Crippen LogP contribution in [-0.4, -0.2) is 55.8 Å². The Morgan fingerprint density at radius 2 is 0.798 bits per heavy atom. The molecule has 0 bridgehead atoms. The lowest BCUT2D eigenvalue weighted by Crippen LogP contribution is -2.55. The van der Waals surface area contributed by atoms with Crippen LogP contribution in [0.5, 0.6) is 0 Å². The van der Waals surface area contributed by atoms with E-state index in [2.05, 4.69) is 43.0 Å². The van der Waals surface area contributed by atoms with Crippen LogP contribution < -0.4 is 20.7 Å². The molecule has 4 heterocycles. The quantitative estimate of drug-likeness (QED) is 0.0518. The third kappa shape index (κ3) is 9.86. The van der Waals surface area contributed by atoms with Gasteiger partial charge in [0.05, 0.1) is 43.9 Å². The number of hydrazone groups is 2. The zero-order valence-electron chi connectivity index (χ0n) is 44.6. The molecule has 4 atom stereocenters. The van der Waals surface area contributed by atoms with Crippen molar-refractivity contribution < 1.29 is 29.3 Å². The third-order valence-electron chi connectivity index (χ3n) is 15.7. The number of nitrogens with one attached hydrogen (secondary N) is 2. The normalized spacial score (nSPS) is 19.2. The van der Waals surface area contributed by atoms with Crippen molar-refractivity contribution in [3.05, 3.63) is 292 Å². The number of nitrogens with zero attached hydrogens (tertiary/aromatic N) is 8. The molecule has 4 aliphatic heterocycles. The van der Waals surface area contributed by atoms with E-state index in [1.165, 1.54) is 24.3 Å². The topological polar surface area (TPSA) is 262 Å². The Kier molecular flexibility index (Phi) is 15.0. The van der Waals surface area contributed by atoms with Gasteiger partial charge in [-0.15, -0.1) is 0 Å². The first-order valence-corrected chi connectivity index (χ1v) is 26.7. The number of anilines is 4. The van der Waals surface area contributed by atoms with Crippen molar-refractivity contribution >= 4 is 80.6 Å². The maximum atomic E-state index is 14.2. The summed E-state index contributed by atoms with van der Waals surface area (Å²) >= 11 is 0. The van der Waals surface area contributed by atoms with Crippen molar-refractivity contribution in [3.63, 3.8) is 0 Å². The average molecular weight is 1120 g/mol. The van der Waals surface area contributed by atoms with Crippen molar-refractivity contribution in [3.8, 4) is 0 Å². The molecule has 2 N–H and O–H groups in total. The van der Waals surface area contributed by atoms with E-state index in [9.17, 15) is 50.0 Å². The third-order valence-corrected chi connectivity index (χ3v) is 15.7. The van der Waals surface area contributed by atoms with Crippen LogP contribution in [0, 0.1) is 40.5 Å². The molecule has 4 aliphatic rings. The molecular formula is C64H50N10O10. The van der Waals surface area contributed by atoms with Gasteiger partial charge >= 0.3 is 11.4 Å². The summed E-state index contributed by atoms with van der Waals surface area (Å²) in [7, 11) is 0. The van der Waals surface area contributed by atoms with Crippen LogP contribution >= 0.6 is 0 Å². The van der Waals surface area contributed by atoms with Gasteiger partial charge in [-0.1, -0.05) is 158 Å². The van der Waals surface area contributed by atoms with Gasteiger partial charge in [0.25, 0.3) is 11.4 Å². The summed E-state index contributed by atoms with van der Waals surface area (Å²) < 4.78 is 0. The van der Waals surface area contributed by atoms with Gasteiger partial charge in [-0.3, -0.25) is 60.9 Å². The SMILES string of the molecule is O=C1c2ccccc2N2[C@H](C/C=N/Nc3ccc([N+](=O)[O-])cc3[N+](=O)[O-])C(c3ccccc3)=CC[C@@]12c1ccccc1.O=C1c2ccccc2N2[C@H](C/C=N/Nc3ccc([N+](=O)[O-])cc3[N+](=O)[O-])C(c3ccccc3)=CC[C@@]12c1ccccc1. The second-order valence-electron chi connectivity index (χ2n) is 20.1. The Balaban J connectivity index is 0.000000175. The molecule has 0 amide bonds. The van der Waals surface area contributed by atoms with Gasteiger partial charge in [0.15, 0.2) is 11.6 Å². The minimum absolute atomic E-state index is 0.0321. The van der Waals surface area contributed by atoms with E-state index in [1.54, 1.807) is 12.4 Å². The highest BCUT2D eigenvalue weighted by molar-refractivity contribution is 6.17. The number of para-hydroxylation sites is 2.